The van der Waals surface area contributed by atoms with Crippen molar-refractivity contribution in [3.63, 3.8) is 0 Å². The predicted molar refractivity (Wildman–Crippen MR) is 99.5 cm³/mol. The molecule has 1 atom stereocenters. The average molecular weight is 390 g/mol. The molecule has 0 bridgehead atoms. The van der Waals surface area contributed by atoms with Gasteiger partial charge in [0.25, 0.3) is 0 Å². The molecule has 0 aromatic heterocycles. The smallest absolute Gasteiger partial charge is 0.342 e. The predicted octanol–water partition coefficient (Wildman–Crippen LogP) is 4.13. The molecule has 2 amide bonds. The Hall–Kier alpha value is -2.83. The van der Waals surface area contributed by atoms with Crippen molar-refractivity contribution in [1.29, 1.82) is 0 Å². The molecule has 1 N–H and O–H groups in total. The second-order valence-corrected chi connectivity index (χ2v) is 6.89. The van der Waals surface area contributed by atoms with E-state index in [2.05, 4.69) is 5.32 Å². The summed E-state index contributed by atoms with van der Waals surface area (Å²) in [5, 5.41) is 2.60. The number of nitrogens with zero attached hydrogens (tertiary/aromatic N) is 1. The van der Waals surface area contributed by atoms with E-state index in [1.54, 1.807) is 4.90 Å². The fourth-order valence-corrected chi connectivity index (χ4v) is 3.27. The van der Waals surface area contributed by atoms with Gasteiger partial charge in [0.05, 0.1) is 11.5 Å². The number of amides is 2. The van der Waals surface area contributed by atoms with Crippen molar-refractivity contribution in [2.45, 2.75) is 25.4 Å². The van der Waals surface area contributed by atoms with Crippen LogP contribution in [0.25, 0.3) is 0 Å². The summed E-state index contributed by atoms with van der Waals surface area (Å²) in [5.41, 5.74) is 0.713. The van der Waals surface area contributed by atoms with Gasteiger partial charge in [0.15, 0.2) is 0 Å². The van der Waals surface area contributed by atoms with Gasteiger partial charge in [0.1, 0.15) is 0 Å². The maximum absolute atomic E-state index is 12.6. The Labute approximate surface area is 161 Å². The van der Waals surface area contributed by atoms with Crippen LogP contribution in [0.4, 0.5) is 18.9 Å². The minimum Gasteiger partial charge on any atom is -0.342 e. The van der Waals surface area contributed by atoms with E-state index in [0.29, 0.717) is 13.1 Å². The van der Waals surface area contributed by atoms with E-state index in [4.69, 9.17) is 0 Å². The molecule has 3 rings (SSSR count). The van der Waals surface area contributed by atoms with Crippen LogP contribution >= 0.6 is 0 Å². The summed E-state index contributed by atoms with van der Waals surface area (Å²) in [6.07, 6.45) is -2.63. The van der Waals surface area contributed by atoms with Gasteiger partial charge >= 0.3 is 6.18 Å². The fourth-order valence-electron chi connectivity index (χ4n) is 3.27. The van der Waals surface area contributed by atoms with E-state index in [1.807, 2.05) is 30.3 Å². The van der Waals surface area contributed by atoms with Gasteiger partial charge in [0.2, 0.25) is 11.8 Å². The maximum Gasteiger partial charge on any atom is 0.416 e. The molecule has 1 fully saturated rings. The number of anilines is 1. The van der Waals surface area contributed by atoms with Gasteiger partial charge in [0, 0.05) is 25.2 Å². The number of nitrogens with one attached hydrogen (secondary N) is 1. The van der Waals surface area contributed by atoms with Gasteiger partial charge in [-0.2, -0.15) is 13.2 Å². The standard InChI is InChI=1S/C21H21F3N2O2/c22-21(23,24)17-8-10-18(11-9-17)25-20(28)16-13-19(27)26(14-16)12-4-7-15-5-2-1-3-6-15/h1-3,5-6,8-11,16H,4,7,12-14H2,(H,25,28). The molecular formula is C21H21F3N2O2. The molecule has 1 heterocycles. The Bertz CT molecular complexity index is 820. The number of carbonyl (C=O) groups is 2. The highest BCUT2D eigenvalue weighted by Crippen LogP contribution is 2.30. The van der Waals surface area contributed by atoms with Gasteiger partial charge in [-0.05, 0) is 42.7 Å². The number of rotatable bonds is 6. The molecule has 1 aliphatic rings. The van der Waals surface area contributed by atoms with Crippen LogP contribution in [-0.4, -0.2) is 29.8 Å². The van der Waals surface area contributed by atoms with Crippen molar-refractivity contribution in [2.24, 2.45) is 5.92 Å². The van der Waals surface area contributed by atoms with E-state index in [9.17, 15) is 22.8 Å². The van der Waals surface area contributed by atoms with Crippen LogP contribution in [0.3, 0.4) is 0 Å². The van der Waals surface area contributed by atoms with E-state index in [0.717, 1.165) is 25.0 Å². The van der Waals surface area contributed by atoms with Crippen LogP contribution in [0.1, 0.15) is 24.0 Å². The minimum atomic E-state index is -4.42. The molecule has 28 heavy (non-hydrogen) atoms. The summed E-state index contributed by atoms with van der Waals surface area (Å²) in [4.78, 5) is 26.2. The lowest BCUT2D eigenvalue weighted by molar-refractivity contribution is -0.137. The summed E-state index contributed by atoms with van der Waals surface area (Å²) >= 11 is 0. The van der Waals surface area contributed by atoms with Gasteiger partial charge < -0.3 is 10.2 Å². The Balaban J connectivity index is 1.49. The molecule has 0 radical (unpaired) electrons. The summed E-state index contributed by atoms with van der Waals surface area (Å²) < 4.78 is 37.8. The van der Waals surface area contributed by atoms with E-state index in [-0.39, 0.29) is 23.9 Å². The van der Waals surface area contributed by atoms with E-state index < -0.39 is 17.7 Å². The van der Waals surface area contributed by atoms with E-state index >= 15 is 0 Å². The van der Waals surface area contributed by atoms with Crippen LogP contribution in [-0.2, 0) is 22.2 Å². The zero-order valence-electron chi connectivity index (χ0n) is 15.2. The zero-order chi connectivity index (χ0) is 20.1. The third-order valence-corrected chi connectivity index (χ3v) is 4.80. The summed E-state index contributed by atoms with van der Waals surface area (Å²) in [5.74, 6) is -0.911. The summed E-state index contributed by atoms with van der Waals surface area (Å²) in [7, 11) is 0. The number of hydrogen-bond donors (Lipinski definition) is 1. The second-order valence-electron chi connectivity index (χ2n) is 6.89. The normalized spacial score (nSPS) is 17.0. The number of likely N-dealkylation sites (tertiary alicyclic amines) is 1. The number of aryl methyl sites for hydroxylation is 1. The zero-order valence-corrected chi connectivity index (χ0v) is 15.2. The SMILES string of the molecule is O=C(Nc1ccc(C(F)(F)F)cc1)C1CC(=O)N(CCCc2ccccc2)C1. The van der Waals surface area contributed by atoms with Crippen molar-refractivity contribution in [3.8, 4) is 0 Å². The van der Waals surface area contributed by atoms with Gasteiger partial charge in [-0.3, -0.25) is 9.59 Å². The van der Waals surface area contributed by atoms with Crippen molar-refractivity contribution < 1.29 is 22.8 Å². The van der Waals surface area contributed by atoms with Gasteiger partial charge in [-0.25, -0.2) is 0 Å². The first-order valence-electron chi connectivity index (χ1n) is 9.13. The molecule has 0 aliphatic carbocycles. The maximum atomic E-state index is 12.6. The third kappa shape index (κ3) is 5.12. The monoisotopic (exact) mass is 390 g/mol. The van der Waals surface area contributed by atoms with Crippen molar-refractivity contribution in [3.05, 3.63) is 65.7 Å². The molecule has 2 aromatic rings. The largest absolute Gasteiger partial charge is 0.416 e. The topological polar surface area (TPSA) is 49.4 Å². The number of halogens is 3. The first kappa shape index (κ1) is 19.9. The molecular weight excluding hydrogens is 369 g/mol. The van der Waals surface area contributed by atoms with E-state index in [1.165, 1.54) is 17.7 Å². The first-order valence-corrected chi connectivity index (χ1v) is 9.13. The van der Waals surface area contributed by atoms with Gasteiger partial charge in [-0.1, -0.05) is 30.3 Å². The fraction of sp³-hybridized carbons (Fsp3) is 0.333. The quantitative estimate of drug-likeness (QED) is 0.807. The highest BCUT2D eigenvalue weighted by Gasteiger charge is 2.34. The van der Waals surface area contributed by atoms with Crippen LogP contribution in [0.5, 0.6) is 0 Å². The lowest BCUT2D eigenvalue weighted by Crippen LogP contribution is -2.29. The number of benzene rings is 2. The molecule has 4 nitrogen and oxygen atoms in total. The van der Waals surface area contributed by atoms with Gasteiger partial charge in [-0.15, -0.1) is 0 Å². The molecule has 0 spiro atoms. The third-order valence-electron chi connectivity index (χ3n) is 4.80. The highest BCUT2D eigenvalue weighted by atomic mass is 19.4. The lowest BCUT2D eigenvalue weighted by Gasteiger charge is -2.16. The molecule has 7 heteroatoms. The van der Waals surface area contributed by atoms with Crippen LogP contribution in [0.2, 0.25) is 0 Å². The van der Waals surface area contributed by atoms with Crippen molar-refractivity contribution >= 4 is 17.5 Å². The summed E-state index contributed by atoms with van der Waals surface area (Å²) in [6.45, 7) is 0.915. The number of carbonyl (C=O) groups excluding carboxylic acids is 2. The summed E-state index contributed by atoms with van der Waals surface area (Å²) in [6, 6.07) is 14.2. The van der Waals surface area contributed by atoms with Crippen molar-refractivity contribution in [2.75, 3.05) is 18.4 Å². The number of hydrogen-bond acceptors (Lipinski definition) is 2. The first-order chi connectivity index (χ1) is 13.3. The molecule has 1 aliphatic heterocycles. The number of alkyl halides is 3. The second kappa shape index (κ2) is 8.46. The molecule has 148 valence electrons. The Kier molecular flexibility index (Phi) is 6.02. The Morgan fingerprint density at radius 3 is 2.39 bits per heavy atom. The molecule has 0 saturated carbocycles. The lowest BCUT2D eigenvalue weighted by atomic mass is 10.1. The minimum absolute atomic E-state index is 0.0689. The van der Waals surface area contributed by atoms with Crippen LogP contribution in [0, 0.1) is 5.92 Å². The van der Waals surface area contributed by atoms with Crippen molar-refractivity contribution in [1.82, 2.24) is 4.90 Å². The van der Waals surface area contributed by atoms with Crippen LogP contribution in [0.15, 0.2) is 54.6 Å². The molecule has 2 aromatic carbocycles. The Morgan fingerprint density at radius 2 is 1.75 bits per heavy atom. The van der Waals surface area contributed by atoms with Crippen LogP contribution < -0.4 is 5.32 Å². The molecule has 1 unspecified atom stereocenters. The molecule has 1 saturated heterocycles. The Morgan fingerprint density at radius 1 is 1.07 bits per heavy atom. The highest BCUT2D eigenvalue weighted by molar-refractivity contribution is 5.97. The average Bonchev–Trinajstić information content (AvgIpc) is 3.03.